The zero-order chi connectivity index (χ0) is 14.8. The fourth-order valence-electron chi connectivity index (χ4n) is 2.60. The minimum absolute atomic E-state index is 0.0211. The Hall–Kier alpha value is -0.940. The molecular formula is C14H18ClF3N2. The predicted molar refractivity (Wildman–Crippen MR) is 75.2 cm³/mol. The summed E-state index contributed by atoms with van der Waals surface area (Å²) in [5, 5.41) is 6.36. The molecule has 0 spiro atoms. The lowest BCUT2D eigenvalue weighted by atomic mass is 10.1. The van der Waals surface area contributed by atoms with E-state index in [2.05, 4.69) is 10.6 Å². The lowest BCUT2D eigenvalue weighted by molar-refractivity contribution is -0.137. The largest absolute Gasteiger partial charge is 0.418 e. The number of hydrogen-bond donors (Lipinski definition) is 2. The number of alkyl halides is 3. The molecule has 1 aliphatic rings. The van der Waals surface area contributed by atoms with Crippen LogP contribution in [0.3, 0.4) is 0 Å². The summed E-state index contributed by atoms with van der Waals surface area (Å²) in [7, 11) is 0. The normalized spacial score (nSPS) is 20.9. The molecule has 0 radical (unpaired) electrons. The number of rotatable bonds is 4. The molecule has 1 aromatic carbocycles. The van der Waals surface area contributed by atoms with Crippen molar-refractivity contribution in [3.63, 3.8) is 0 Å². The Morgan fingerprint density at radius 1 is 1.45 bits per heavy atom. The number of halogens is 4. The van der Waals surface area contributed by atoms with E-state index in [0.717, 1.165) is 31.9 Å². The number of hydrogen-bond acceptors (Lipinski definition) is 2. The molecule has 1 saturated heterocycles. The van der Waals surface area contributed by atoms with Gasteiger partial charge in [0, 0.05) is 12.1 Å². The second kappa shape index (κ2) is 6.22. The van der Waals surface area contributed by atoms with E-state index in [1.807, 2.05) is 6.92 Å². The molecule has 0 aromatic heterocycles. The van der Waals surface area contributed by atoms with E-state index >= 15 is 0 Å². The quantitative estimate of drug-likeness (QED) is 0.866. The number of para-hydroxylation sites is 1. The average molecular weight is 307 g/mol. The standard InChI is InChI=1S/C14H18ClF3N2/c1-9(8-10-4-3-7-19-10)20-13-11(14(16,17)18)5-2-6-12(13)15/h2,5-6,9-10,19-20H,3-4,7-8H2,1H3. The zero-order valence-electron chi connectivity index (χ0n) is 11.2. The first-order chi connectivity index (χ1) is 9.38. The molecule has 2 N–H and O–H groups in total. The second-order valence-electron chi connectivity index (χ2n) is 5.23. The van der Waals surface area contributed by atoms with E-state index in [-0.39, 0.29) is 16.8 Å². The summed E-state index contributed by atoms with van der Waals surface area (Å²) in [6.45, 7) is 2.86. The summed E-state index contributed by atoms with van der Waals surface area (Å²) in [4.78, 5) is 0. The summed E-state index contributed by atoms with van der Waals surface area (Å²) in [6, 6.07) is 4.13. The summed E-state index contributed by atoms with van der Waals surface area (Å²) in [6.07, 6.45) is -1.43. The Morgan fingerprint density at radius 3 is 2.80 bits per heavy atom. The zero-order valence-corrected chi connectivity index (χ0v) is 12.0. The van der Waals surface area contributed by atoms with Crippen molar-refractivity contribution in [2.45, 2.75) is 44.4 Å². The molecule has 112 valence electrons. The van der Waals surface area contributed by atoms with E-state index in [1.54, 1.807) is 0 Å². The molecule has 2 unspecified atom stereocenters. The van der Waals surface area contributed by atoms with Crippen LogP contribution in [0.5, 0.6) is 0 Å². The molecule has 2 nitrogen and oxygen atoms in total. The van der Waals surface area contributed by atoms with Crippen LogP contribution in [-0.4, -0.2) is 18.6 Å². The van der Waals surface area contributed by atoms with Crippen LogP contribution >= 0.6 is 11.6 Å². The van der Waals surface area contributed by atoms with E-state index in [0.29, 0.717) is 6.04 Å². The van der Waals surface area contributed by atoms with Gasteiger partial charge in [-0.05, 0) is 44.9 Å². The van der Waals surface area contributed by atoms with Crippen molar-refractivity contribution < 1.29 is 13.2 Å². The minimum Gasteiger partial charge on any atom is -0.381 e. The highest BCUT2D eigenvalue weighted by atomic mass is 35.5. The number of benzene rings is 1. The van der Waals surface area contributed by atoms with Crippen LogP contribution in [0.25, 0.3) is 0 Å². The van der Waals surface area contributed by atoms with Gasteiger partial charge in [-0.2, -0.15) is 13.2 Å². The Morgan fingerprint density at radius 2 is 2.20 bits per heavy atom. The molecule has 2 rings (SSSR count). The molecule has 0 bridgehead atoms. The fourth-order valence-corrected chi connectivity index (χ4v) is 2.83. The van der Waals surface area contributed by atoms with Crippen molar-refractivity contribution in [1.82, 2.24) is 5.32 Å². The van der Waals surface area contributed by atoms with Gasteiger partial charge in [0.2, 0.25) is 0 Å². The summed E-state index contributed by atoms with van der Waals surface area (Å²) in [5.41, 5.74) is -0.733. The lowest BCUT2D eigenvalue weighted by Gasteiger charge is -2.22. The monoisotopic (exact) mass is 306 g/mol. The smallest absolute Gasteiger partial charge is 0.381 e. The van der Waals surface area contributed by atoms with Crippen LogP contribution in [0, 0.1) is 0 Å². The maximum absolute atomic E-state index is 13.0. The second-order valence-corrected chi connectivity index (χ2v) is 5.64. The van der Waals surface area contributed by atoms with Gasteiger partial charge in [-0.1, -0.05) is 17.7 Å². The third kappa shape index (κ3) is 3.79. The predicted octanol–water partition coefficient (Wildman–Crippen LogP) is 4.30. The highest BCUT2D eigenvalue weighted by Gasteiger charge is 2.34. The van der Waals surface area contributed by atoms with Gasteiger partial charge in [0.15, 0.2) is 0 Å². The molecular weight excluding hydrogens is 289 g/mol. The third-order valence-electron chi connectivity index (χ3n) is 3.51. The van der Waals surface area contributed by atoms with Crippen molar-refractivity contribution in [3.8, 4) is 0 Å². The first-order valence-corrected chi connectivity index (χ1v) is 7.11. The van der Waals surface area contributed by atoms with E-state index in [9.17, 15) is 13.2 Å². The topological polar surface area (TPSA) is 24.1 Å². The third-order valence-corrected chi connectivity index (χ3v) is 3.83. The van der Waals surface area contributed by atoms with Crippen molar-refractivity contribution in [1.29, 1.82) is 0 Å². The van der Waals surface area contributed by atoms with E-state index in [4.69, 9.17) is 11.6 Å². The molecule has 6 heteroatoms. The van der Waals surface area contributed by atoms with Crippen LogP contribution in [0.1, 0.15) is 31.7 Å². The van der Waals surface area contributed by atoms with Gasteiger partial charge in [-0.25, -0.2) is 0 Å². The van der Waals surface area contributed by atoms with Gasteiger partial charge < -0.3 is 10.6 Å². The molecule has 1 aromatic rings. The van der Waals surface area contributed by atoms with Crippen molar-refractivity contribution in [2.24, 2.45) is 0 Å². The Kier molecular flexibility index (Phi) is 4.81. The van der Waals surface area contributed by atoms with Gasteiger partial charge in [-0.3, -0.25) is 0 Å². The molecule has 1 heterocycles. The van der Waals surface area contributed by atoms with Gasteiger partial charge in [-0.15, -0.1) is 0 Å². The van der Waals surface area contributed by atoms with Gasteiger partial charge in [0.1, 0.15) is 0 Å². The molecule has 20 heavy (non-hydrogen) atoms. The molecule has 1 aliphatic heterocycles. The minimum atomic E-state index is -4.40. The Labute approximate surface area is 121 Å². The lowest BCUT2D eigenvalue weighted by Crippen LogP contribution is -2.29. The fraction of sp³-hybridized carbons (Fsp3) is 0.571. The first kappa shape index (κ1) is 15.4. The van der Waals surface area contributed by atoms with Crippen LogP contribution < -0.4 is 10.6 Å². The number of nitrogens with one attached hydrogen (secondary N) is 2. The summed E-state index contributed by atoms with van der Waals surface area (Å²) >= 11 is 5.92. The van der Waals surface area contributed by atoms with Crippen LogP contribution in [0.15, 0.2) is 18.2 Å². The summed E-state index contributed by atoms with van der Waals surface area (Å²) in [5.74, 6) is 0. The van der Waals surface area contributed by atoms with Crippen molar-refractivity contribution >= 4 is 17.3 Å². The molecule has 0 saturated carbocycles. The van der Waals surface area contributed by atoms with Crippen molar-refractivity contribution in [2.75, 3.05) is 11.9 Å². The van der Waals surface area contributed by atoms with Crippen molar-refractivity contribution in [3.05, 3.63) is 28.8 Å². The Bertz CT molecular complexity index is 456. The first-order valence-electron chi connectivity index (χ1n) is 6.73. The van der Waals surface area contributed by atoms with Gasteiger partial charge in [0.05, 0.1) is 16.3 Å². The Balaban J connectivity index is 2.11. The van der Waals surface area contributed by atoms with Crippen LogP contribution in [0.2, 0.25) is 5.02 Å². The SMILES string of the molecule is CC(CC1CCCN1)Nc1c(Cl)cccc1C(F)(F)F. The highest BCUT2D eigenvalue weighted by molar-refractivity contribution is 6.33. The van der Waals surface area contributed by atoms with Gasteiger partial charge in [0.25, 0.3) is 0 Å². The van der Waals surface area contributed by atoms with E-state index < -0.39 is 11.7 Å². The molecule has 0 aliphatic carbocycles. The molecule has 0 amide bonds. The maximum atomic E-state index is 13.0. The van der Waals surface area contributed by atoms with Crippen LogP contribution in [0.4, 0.5) is 18.9 Å². The van der Waals surface area contributed by atoms with E-state index in [1.165, 1.54) is 12.1 Å². The highest BCUT2D eigenvalue weighted by Crippen LogP contribution is 2.38. The maximum Gasteiger partial charge on any atom is 0.418 e. The van der Waals surface area contributed by atoms with Crippen LogP contribution in [-0.2, 0) is 6.18 Å². The van der Waals surface area contributed by atoms with Gasteiger partial charge >= 0.3 is 6.18 Å². The average Bonchev–Trinajstić information content (AvgIpc) is 2.83. The molecule has 1 fully saturated rings. The molecule has 2 atom stereocenters. The number of anilines is 1. The summed E-state index contributed by atoms with van der Waals surface area (Å²) < 4.78 is 38.9.